The first kappa shape index (κ1) is 9.00. The molecule has 0 N–H and O–H groups in total. The van der Waals surface area contributed by atoms with Crippen LogP contribution in [0.25, 0.3) is 0 Å². The molecule has 0 radical (unpaired) electrons. The van der Waals surface area contributed by atoms with E-state index < -0.39 is 0 Å². The standard InChI is InChI=1S/C9H12ClNO2/c1-4(12)9-7-6(8(7)10)3-11(9)5(2)13/h6-9H,3H2,1-2H3/t6-,7?,8-,9+/m0/s1. The van der Waals surface area contributed by atoms with Crippen LogP contribution in [0.5, 0.6) is 0 Å². The molecule has 1 amide bonds. The first-order chi connectivity index (χ1) is 6.04. The number of ketones is 1. The highest BCUT2D eigenvalue weighted by Crippen LogP contribution is 2.53. The summed E-state index contributed by atoms with van der Waals surface area (Å²) in [7, 11) is 0. The Bertz CT molecular complexity index is 279. The van der Waals surface area contributed by atoms with Crippen molar-refractivity contribution in [1.82, 2.24) is 4.90 Å². The average molecular weight is 202 g/mol. The Kier molecular flexibility index (Phi) is 1.88. The molecule has 0 aromatic rings. The number of amides is 1. The molecule has 1 heterocycles. The summed E-state index contributed by atoms with van der Waals surface area (Å²) >= 11 is 5.97. The van der Waals surface area contributed by atoms with Gasteiger partial charge in [0.05, 0.1) is 6.04 Å². The van der Waals surface area contributed by atoms with Crippen molar-refractivity contribution >= 4 is 23.3 Å². The van der Waals surface area contributed by atoms with Crippen LogP contribution < -0.4 is 0 Å². The van der Waals surface area contributed by atoms with Crippen LogP contribution in [-0.4, -0.2) is 34.6 Å². The minimum absolute atomic E-state index is 0.0173. The van der Waals surface area contributed by atoms with Crippen molar-refractivity contribution in [3.63, 3.8) is 0 Å². The van der Waals surface area contributed by atoms with Gasteiger partial charge in [-0.3, -0.25) is 9.59 Å². The number of rotatable bonds is 1. The Balaban J connectivity index is 2.18. The fourth-order valence-corrected chi connectivity index (χ4v) is 2.84. The fraction of sp³-hybridized carbons (Fsp3) is 0.778. The fourth-order valence-electron chi connectivity index (χ4n) is 2.35. The molecule has 2 aliphatic rings. The van der Waals surface area contributed by atoms with Crippen LogP contribution in [-0.2, 0) is 9.59 Å². The molecule has 1 aliphatic heterocycles. The summed E-state index contributed by atoms with van der Waals surface area (Å²) in [6, 6.07) is -0.245. The number of Topliss-reactive ketones (excluding diaryl/α,β-unsaturated/α-hetero) is 1. The van der Waals surface area contributed by atoms with E-state index in [1.54, 1.807) is 4.90 Å². The lowest BCUT2D eigenvalue weighted by Gasteiger charge is -2.24. The SMILES string of the molecule is CC(=O)[C@@H]1C2[C@@H](Cl)[C@H]2CN1C(C)=O. The van der Waals surface area contributed by atoms with Crippen LogP contribution in [0.4, 0.5) is 0 Å². The highest BCUT2D eigenvalue weighted by atomic mass is 35.5. The van der Waals surface area contributed by atoms with E-state index in [1.807, 2.05) is 0 Å². The lowest BCUT2D eigenvalue weighted by molar-refractivity contribution is -0.136. The molecule has 1 saturated carbocycles. The van der Waals surface area contributed by atoms with Gasteiger partial charge >= 0.3 is 0 Å². The lowest BCUT2D eigenvalue weighted by Crippen LogP contribution is -2.42. The van der Waals surface area contributed by atoms with Crippen LogP contribution in [0.15, 0.2) is 0 Å². The number of alkyl halides is 1. The highest BCUT2D eigenvalue weighted by Gasteiger charge is 2.62. The minimum Gasteiger partial charge on any atom is -0.332 e. The van der Waals surface area contributed by atoms with Crippen molar-refractivity contribution in [1.29, 1.82) is 0 Å². The number of fused-ring (bicyclic) bond motifs is 1. The average Bonchev–Trinajstić information content (AvgIpc) is 2.52. The quantitative estimate of drug-likeness (QED) is 0.585. The minimum atomic E-state index is -0.245. The molecule has 13 heavy (non-hydrogen) atoms. The van der Waals surface area contributed by atoms with Gasteiger partial charge < -0.3 is 4.90 Å². The predicted octanol–water partition coefficient (Wildman–Crippen LogP) is 0.659. The molecule has 1 saturated heterocycles. The van der Waals surface area contributed by atoms with Crippen LogP contribution in [0.1, 0.15) is 13.8 Å². The van der Waals surface area contributed by atoms with E-state index >= 15 is 0 Å². The van der Waals surface area contributed by atoms with Gasteiger partial charge in [-0.2, -0.15) is 0 Å². The number of hydrogen-bond donors (Lipinski definition) is 0. The summed E-state index contributed by atoms with van der Waals surface area (Å²) < 4.78 is 0. The third-order valence-corrected chi connectivity index (χ3v) is 3.67. The maximum Gasteiger partial charge on any atom is 0.220 e. The monoisotopic (exact) mass is 201 g/mol. The van der Waals surface area contributed by atoms with E-state index in [2.05, 4.69) is 0 Å². The van der Waals surface area contributed by atoms with Crippen LogP contribution in [0, 0.1) is 11.8 Å². The topological polar surface area (TPSA) is 37.4 Å². The Morgan fingerprint density at radius 1 is 1.38 bits per heavy atom. The van der Waals surface area contributed by atoms with E-state index in [1.165, 1.54) is 13.8 Å². The van der Waals surface area contributed by atoms with Crippen molar-refractivity contribution in [2.45, 2.75) is 25.3 Å². The third kappa shape index (κ3) is 1.17. The zero-order valence-corrected chi connectivity index (χ0v) is 8.41. The highest BCUT2D eigenvalue weighted by molar-refractivity contribution is 6.23. The Morgan fingerprint density at radius 3 is 2.46 bits per heavy atom. The summed E-state index contributed by atoms with van der Waals surface area (Å²) in [5.74, 6) is 0.629. The van der Waals surface area contributed by atoms with Gasteiger partial charge in [0.25, 0.3) is 0 Å². The number of halogens is 1. The number of carbonyl (C=O) groups is 2. The molecule has 72 valence electrons. The Morgan fingerprint density at radius 2 is 2.00 bits per heavy atom. The molecule has 1 unspecified atom stereocenters. The van der Waals surface area contributed by atoms with Gasteiger partial charge in [-0.15, -0.1) is 11.6 Å². The molecule has 2 fully saturated rings. The molecular formula is C9H12ClNO2. The Labute approximate surface area is 82.0 Å². The summed E-state index contributed by atoms with van der Waals surface area (Å²) in [5, 5.41) is 0.115. The van der Waals surface area contributed by atoms with Crippen molar-refractivity contribution in [2.75, 3.05) is 6.54 Å². The molecular weight excluding hydrogens is 190 g/mol. The second kappa shape index (κ2) is 2.71. The smallest absolute Gasteiger partial charge is 0.220 e. The molecule has 4 heteroatoms. The second-order valence-electron chi connectivity index (χ2n) is 3.91. The number of nitrogens with zero attached hydrogens (tertiary/aromatic N) is 1. The van der Waals surface area contributed by atoms with E-state index in [4.69, 9.17) is 11.6 Å². The van der Waals surface area contributed by atoms with Crippen molar-refractivity contribution in [3.8, 4) is 0 Å². The van der Waals surface area contributed by atoms with Crippen molar-refractivity contribution < 1.29 is 9.59 Å². The Hall–Kier alpha value is -0.570. The predicted molar refractivity (Wildman–Crippen MR) is 48.5 cm³/mol. The second-order valence-corrected chi connectivity index (χ2v) is 4.42. The van der Waals surface area contributed by atoms with E-state index in [0.29, 0.717) is 12.5 Å². The van der Waals surface area contributed by atoms with Crippen molar-refractivity contribution in [3.05, 3.63) is 0 Å². The van der Waals surface area contributed by atoms with Gasteiger partial charge in [0.15, 0.2) is 5.78 Å². The zero-order valence-electron chi connectivity index (χ0n) is 7.66. The zero-order chi connectivity index (χ0) is 9.75. The van der Waals surface area contributed by atoms with Crippen molar-refractivity contribution in [2.24, 2.45) is 11.8 Å². The van der Waals surface area contributed by atoms with Gasteiger partial charge in [-0.1, -0.05) is 0 Å². The van der Waals surface area contributed by atoms with Gasteiger partial charge in [0.2, 0.25) is 5.91 Å². The summed E-state index contributed by atoms with van der Waals surface area (Å²) in [6.07, 6.45) is 0. The molecule has 0 bridgehead atoms. The van der Waals surface area contributed by atoms with Gasteiger partial charge in [0.1, 0.15) is 0 Å². The molecule has 0 aromatic heterocycles. The largest absolute Gasteiger partial charge is 0.332 e. The molecule has 1 aliphatic carbocycles. The third-order valence-electron chi connectivity index (χ3n) is 3.06. The number of piperidine rings is 1. The van der Waals surface area contributed by atoms with E-state index in [0.717, 1.165) is 0 Å². The van der Waals surface area contributed by atoms with Crippen LogP contribution in [0.2, 0.25) is 0 Å². The maximum atomic E-state index is 11.3. The molecule has 0 aromatic carbocycles. The summed E-state index contributed by atoms with van der Waals surface area (Å²) in [5.41, 5.74) is 0. The lowest BCUT2D eigenvalue weighted by atomic mass is 10.1. The van der Waals surface area contributed by atoms with Gasteiger partial charge in [-0.25, -0.2) is 0 Å². The van der Waals surface area contributed by atoms with E-state index in [9.17, 15) is 9.59 Å². The molecule has 0 spiro atoms. The normalized spacial score (nSPS) is 41.6. The summed E-state index contributed by atoms with van der Waals surface area (Å²) in [6.45, 7) is 3.70. The van der Waals surface area contributed by atoms with Gasteiger partial charge in [-0.05, 0) is 12.8 Å². The molecule has 2 rings (SSSR count). The number of likely N-dealkylation sites (tertiary alicyclic amines) is 1. The van der Waals surface area contributed by atoms with Crippen LogP contribution in [0.3, 0.4) is 0 Å². The maximum absolute atomic E-state index is 11.3. The first-order valence-corrected chi connectivity index (χ1v) is 4.89. The van der Waals surface area contributed by atoms with E-state index in [-0.39, 0.29) is 29.0 Å². The molecule has 4 atom stereocenters. The first-order valence-electron chi connectivity index (χ1n) is 4.45. The molecule has 3 nitrogen and oxygen atoms in total. The summed E-state index contributed by atoms with van der Waals surface area (Å²) in [4.78, 5) is 24.1. The number of hydrogen-bond acceptors (Lipinski definition) is 2. The van der Waals surface area contributed by atoms with Crippen LogP contribution >= 0.6 is 11.6 Å². The van der Waals surface area contributed by atoms with Gasteiger partial charge in [0, 0.05) is 24.8 Å². The number of carbonyl (C=O) groups excluding carboxylic acids is 2.